The maximum atomic E-state index is 12.8. The molecule has 0 saturated heterocycles. The fraction of sp³-hybridized carbons (Fsp3) is 0.919. The number of ether oxygens (including phenoxy) is 3. The lowest BCUT2D eigenvalue weighted by atomic mass is 10.1. The maximum absolute atomic E-state index is 12.8. The van der Waals surface area contributed by atoms with Crippen LogP contribution in [0.1, 0.15) is 162 Å². The largest absolute Gasteiger partial charge is 0.462 e. The van der Waals surface area contributed by atoms with Crippen molar-refractivity contribution in [3.63, 3.8) is 0 Å². The van der Waals surface area contributed by atoms with E-state index in [0.29, 0.717) is 30.8 Å². The summed E-state index contributed by atoms with van der Waals surface area (Å²) in [6.45, 7) is 4.95. The first-order valence-electron chi connectivity index (χ1n) is 19.6. The van der Waals surface area contributed by atoms with Crippen LogP contribution in [0.25, 0.3) is 0 Å². The molecule has 13 heteroatoms. The van der Waals surface area contributed by atoms with Crippen molar-refractivity contribution < 1.29 is 43.3 Å². The zero-order chi connectivity index (χ0) is 36.9. The van der Waals surface area contributed by atoms with Crippen molar-refractivity contribution in [1.82, 2.24) is 5.32 Å². The molecular weight excluding hydrogens is 679 g/mol. The van der Waals surface area contributed by atoms with Crippen molar-refractivity contribution in [2.24, 2.45) is 5.73 Å². The number of unbranched alkanes of at least 4 members (excludes halogenated alkanes) is 16. The number of amides is 1. The van der Waals surface area contributed by atoms with Crippen molar-refractivity contribution >= 4 is 37.6 Å². The fourth-order valence-corrected chi connectivity index (χ4v) is 7.16. The SMILES string of the molecule is CCCCCCCCCCCC(=O)OC[C@H](CSC[C@H](N)C(=O)NC1(COCCC[P+](O)(O)O)CC1)OC(=O)CCCCCCCCCCC. The second kappa shape index (κ2) is 29.4. The van der Waals surface area contributed by atoms with Crippen LogP contribution in [0.15, 0.2) is 0 Å². The van der Waals surface area contributed by atoms with Crippen LogP contribution in [-0.4, -0.2) is 87.7 Å². The molecule has 1 fully saturated rings. The van der Waals surface area contributed by atoms with Crippen LogP contribution in [-0.2, 0) is 28.6 Å². The van der Waals surface area contributed by atoms with Crippen LogP contribution in [0.2, 0.25) is 0 Å². The van der Waals surface area contributed by atoms with Crippen LogP contribution in [0.5, 0.6) is 0 Å². The zero-order valence-electron chi connectivity index (χ0n) is 31.4. The van der Waals surface area contributed by atoms with E-state index in [4.69, 9.17) is 34.6 Å². The van der Waals surface area contributed by atoms with Crippen molar-refractivity contribution in [1.29, 1.82) is 0 Å². The first-order valence-corrected chi connectivity index (χ1v) is 22.6. The van der Waals surface area contributed by atoms with Crippen LogP contribution in [0.4, 0.5) is 0 Å². The standard InChI is InChI=1S/C37H71N2O9PS/c1-3-5-7-9-11-13-15-17-19-22-34(40)47-28-32(48-35(41)23-20-18-16-14-12-10-8-6-4-2)29-50-30-33(38)36(42)39-37(24-25-37)31-46-26-21-27-49(43,44)45/h32-33,43-45H,3-31,38H2,1-2H3/p+1/t32-,33+/m1/s1. The zero-order valence-corrected chi connectivity index (χ0v) is 33.1. The predicted molar refractivity (Wildman–Crippen MR) is 204 cm³/mol. The Bertz CT molecular complexity index is 890. The number of nitrogens with two attached hydrogens (primary N) is 1. The van der Waals surface area contributed by atoms with Crippen molar-refractivity contribution in [3.8, 4) is 0 Å². The van der Waals surface area contributed by atoms with Gasteiger partial charge in [0.25, 0.3) is 0 Å². The maximum Gasteiger partial charge on any atom is 0.403 e. The molecule has 1 aliphatic rings. The van der Waals surface area contributed by atoms with Gasteiger partial charge >= 0.3 is 19.9 Å². The number of thioether (sulfide) groups is 1. The first-order chi connectivity index (χ1) is 24.0. The Balaban J connectivity index is 2.43. The summed E-state index contributed by atoms with van der Waals surface area (Å²) in [7, 11) is -3.80. The molecule has 2 atom stereocenters. The van der Waals surface area contributed by atoms with E-state index in [1.807, 2.05) is 0 Å². The van der Waals surface area contributed by atoms with Gasteiger partial charge in [-0.15, -0.1) is 0 Å². The van der Waals surface area contributed by atoms with Gasteiger partial charge in [0, 0.05) is 30.8 Å². The van der Waals surface area contributed by atoms with Gasteiger partial charge < -0.3 is 25.3 Å². The van der Waals surface area contributed by atoms with E-state index >= 15 is 0 Å². The second-order valence-corrected chi connectivity index (χ2v) is 17.1. The van der Waals surface area contributed by atoms with Crippen LogP contribution in [0.3, 0.4) is 0 Å². The molecule has 1 amide bonds. The van der Waals surface area contributed by atoms with Gasteiger partial charge in [0.15, 0.2) is 0 Å². The van der Waals surface area contributed by atoms with Gasteiger partial charge in [-0.3, -0.25) is 14.4 Å². The third-order valence-electron chi connectivity index (χ3n) is 9.00. The highest BCUT2D eigenvalue weighted by Crippen LogP contribution is 2.44. The molecule has 0 unspecified atom stereocenters. The number of nitrogens with one attached hydrogen (secondary N) is 1. The molecule has 0 radical (unpaired) electrons. The Hall–Kier alpha value is -1.01. The molecule has 0 aromatic carbocycles. The van der Waals surface area contributed by atoms with Crippen LogP contribution < -0.4 is 11.1 Å². The number of hydrogen-bond acceptors (Lipinski definition) is 11. The molecule has 11 nitrogen and oxygen atoms in total. The Morgan fingerprint density at radius 2 is 1.24 bits per heavy atom. The minimum Gasteiger partial charge on any atom is -0.462 e. The summed E-state index contributed by atoms with van der Waals surface area (Å²) in [5.41, 5.74) is 5.73. The van der Waals surface area contributed by atoms with E-state index in [2.05, 4.69) is 19.2 Å². The summed E-state index contributed by atoms with van der Waals surface area (Å²) in [5.74, 6) is -0.214. The first kappa shape index (κ1) is 47.0. The molecule has 6 N–H and O–H groups in total. The third kappa shape index (κ3) is 27.6. The molecule has 1 aliphatic carbocycles. The van der Waals surface area contributed by atoms with Crippen LogP contribution >= 0.6 is 19.7 Å². The van der Waals surface area contributed by atoms with E-state index in [9.17, 15) is 14.4 Å². The molecule has 0 heterocycles. The van der Waals surface area contributed by atoms with E-state index in [0.717, 1.165) is 51.4 Å². The van der Waals surface area contributed by atoms with E-state index in [1.165, 1.54) is 88.8 Å². The third-order valence-corrected chi connectivity index (χ3v) is 11.1. The molecule has 50 heavy (non-hydrogen) atoms. The lowest BCUT2D eigenvalue weighted by Gasteiger charge is -2.21. The highest BCUT2D eigenvalue weighted by Gasteiger charge is 2.45. The number of carbonyl (C=O) groups excluding carboxylic acids is 3. The lowest BCUT2D eigenvalue weighted by molar-refractivity contribution is -0.157. The number of esters is 2. The lowest BCUT2D eigenvalue weighted by Crippen LogP contribution is -2.49. The molecule has 0 aliphatic heterocycles. The average Bonchev–Trinajstić information content (AvgIpc) is 3.83. The summed E-state index contributed by atoms with van der Waals surface area (Å²) in [5, 5.41) is 2.98. The fourth-order valence-electron chi connectivity index (χ4n) is 5.64. The van der Waals surface area contributed by atoms with Crippen molar-refractivity contribution in [2.45, 2.75) is 179 Å². The summed E-state index contributed by atoms with van der Waals surface area (Å²) in [6, 6.07) is -0.784. The van der Waals surface area contributed by atoms with Gasteiger partial charge in [-0.05, 0) is 25.7 Å². The van der Waals surface area contributed by atoms with E-state index in [1.54, 1.807) is 0 Å². The molecule has 1 saturated carbocycles. The number of carbonyl (C=O) groups is 3. The molecular formula is C37H72N2O9PS+. The normalized spacial score (nSPS) is 15.0. The summed E-state index contributed by atoms with van der Waals surface area (Å²) in [4.78, 5) is 65.2. The van der Waals surface area contributed by atoms with Gasteiger partial charge in [0.2, 0.25) is 5.91 Å². The van der Waals surface area contributed by atoms with Gasteiger partial charge in [-0.25, -0.2) is 0 Å². The molecule has 0 aromatic rings. The highest BCUT2D eigenvalue weighted by molar-refractivity contribution is 7.99. The van der Waals surface area contributed by atoms with Gasteiger partial charge in [0.05, 0.1) is 24.8 Å². The Labute approximate surface area is 307 Å². The minimum absolute atomic E-state index is 0.0133. The monoisotopic (exact) mass is 751 g/mol. The molecule has 0 bridgehead atoms. The molecule has 1 rings (SSSR count). The average molecular weight is 752 g/mol. The van der Waals surface area contributed by atoms with E-state index in [-0.39, 0.29) is 43.8 Å². The summed E-state index contributed by atoms with van der Waals surface area (Å²) in [6.07, 6.45) is 22.7. The van der Waals surface area contributed by atoms with Crippen molar-refractivity contribution in [2.75, 3.05) is 37.5 Å². The topological polar surface area (TPSA) is 178 Å². The second-order valence-electron chi connectivity index (χ2n) is 14.2. The van der Waals surface area contributed by atoms with Gasteiger partial charge in [-0.2, -0.15) is 26.4 Å². The highest BCUT2D eigenvalue weighted by atomic mass is 32.2. The Morgan fingerprint density at radius 1 is 0.740 bits per heavy atom. The molecule has 0 spiro atoms. The Kier molecular flexibility index (Phi) is 27.7. The quantitative estimate of drug-likeness (QED) is 0.0253. The molecule has 0 aromatic heterocycles. The Morgan fingerprint density at radius 3 is 1.74 bits per heavy atom. The number of hydrogen-bond donors (Lipinski definition) is 5. The van der Waals surface area contributed by atoms with Crippen LogP contribution in [0, 0.1) is 0 Å². The predicted octanol–water partition coefficient (Wildman–Crippen LogP) is 7.14. The molecule has 294 valence electrons. The van der Waals surface area contributed by atoms with Crippen molar-refractivity contribution in [3.05, 3.63) is 0 Å². The smallest absolute Gasteiger partial charge is 0.403 e. The summed E-state index contributed by atoms with van der Waals surface area (Å²) < 4.78 is 16.9. The number of rotatable bonds is 35. The van der Waals surface area contributed by atoms with Gasteiger partial charge in [-0.1, -0.05) is 117 Å². The van der Waals surface area contributed by atoms with E-state index < -0.39 is 25.6 Å². The summed E-state index contributed by atoms with van der Waals surface area (Å²) >= 11 is 1.39. The minimum atomic E-state index is -3.80. The van der Waals surface area contributed by atoms with Gasteiger partial charge in [0.1, 0.15) is 18.9 Å².